The number of carbonyl (C=O) groups is 1. The van der Waals surface area contributed by atoms with Crippen LogP contribution < -0.4 is 10.5 Å². The molecule has 0 spiro atoms. The molecular weight excluding hydrogens is 182 g/mol. The maximum absolute atomic E-state index is 9.57. The monoisotopic (exact) mass is 197 g/mol. The lowest BCUT2D eigenvalue weighted by Crippen LogP contribution is -2.25. The van der Waals surface area contributed by atoms with E-state index in [0.29, 0.717) is 0 Å². The van der Waals surface area contributed by atoms with Crippen LogP contribution in [0.5, 0.6) is 5.75 Å². The molecule has 0 heterocycles. The molecular formula is C10H15NO3. The molecule has 3 N–H and O–H groups in total. The topological polar surface area (TPSA) is 72.6 Å². The maximum atomic E-state index is 9.57. The van der Waals surface area contributed by atoms with Crippen molar-refractivity contribution in [3.8, 4) is 5.75 Å². The van der Waals surface area contributed by atoms with Gasteiger partial charge in [-0.25, -0.2) is 0 Å². The fourth-order valence-electron chi connectivity index (χ4n) is 0.557. The number of benzene rings is 1. The summed E-state index contributed by atoms with van der Waals surface area (Å²) in [7, 11) is 1.66. The van der Waals surface area contributed by atoms with Crippen LogP contribution in [0.3, 0.4) is 0 Å². The SMILES string of the molecule is CC(N)C(=O)O.COc1ccccc1. The summed E-state index contributed by atoms with van der Waals surface area (Å²) in [5.41, 5.74) is 4.84. The van der Waals surface area contributed by atoms with E-state index < -0.39 is 12.0 Å². The molecule has 78 valence electrons. The average molecular weight is 197 g/mol. The van der Waals surface area contributed by atoms with Crippen LogP contribution in [0.1, 0.15) is 6.92 Å². The third kappa shape index (κ3) is 6.02. The van der Waals surface area contributed by atoms with Crippen molar-refractivity contribution in [2.45, 2.75) is 13.0 Å². The van der Waals surface area contributed by atoms with Crippen molar-refractivity contribution in [2.24, 2.45) is 5.73 Å². The molecule has 0 aromatic heterocycles. The van der Waals surface area contributed by atoms with Gasteiger partial charge >= 0.3 is 5.97 Å². The van der Waals surface area contributed by atoms with E-state index in [1.807, 2.05) is 30.3 Å². The first-order valence-corrected chi connectivity index (χ1v) is 4.15. The van der Waals surface area contributed by atoms with E-state index >= 15 is 0 Å². The molecule has 4 nitrogen and oxygen atoms in total. The highest BCUT2D eigenvalue weighted by molar-refractivity contribution is 5.72. The summed E-state index contributed by atoms with van der Waals surface area (Å²) >= 11 is 0. The summed E-state index contributed by atoms with van der Waals surface area (Å²) in [4.78, 5) is 9.57. The Bertz CT molecular complexity index is 259. The average Bonchev–Trinajstić information content (AvgIpc) is 2.20. The fraction of sp³-hybridized carbons (Fsp3) is 0.300. The Kier molecular flexibility index (Phi) is 6.15. The van der Waals surface area contributed by atoms with E-state index in [9.17, 15) is 4.79 Å². The number of rotatable bonds is 2. The minimum atomic E-state index is -0.963. The van der Waals surface area contributed by atoms with Gasteiger partial charge < -0.3 is 15.6 Å². The van der Waals surface area contributed by atoms with Gasteiger partial charge in [-0.3, -0.25) is 4.79 Å². The first kappa shape index (κ1) is 12.4. The summed E-state index contributed by atoms with van der Waals surface area (Å²) in [6.45, 7) is 1.42. The predicted molar refractivity (Wildman–Crippen MR) is 54.3 cm³/mol. The summed E-state index contributed by atoms with van der Waals surface area (Å²) < 4.78 is 4.91. The van der Waals surface area contributed by atoms with Crippen molar-refractivity contribution in [2.75, 3.05) is 7.11 Å². The van der Waals surface area contributed by atoms with Gasteiger partial charge in [0.2, 0.25) is 0 Å². The van der Waals surface area contributed by atoms with Crippen molar-refractivity contribution in [3.05, 3.63) is 30.3 Å². The minimum absolute atomic E-state index is 0.731. The van der Waals surface area contributed by atoms with E-state index in [1.165, 1.54) is 6.92 Å². The van der Waals surface area contributed by atoms with Crippen LogP contribution in [0.4, 0.5) is 0 Å². The van der Waals surface area contributed by atoms with Crippen LogP contribution in [0.15, 0.2) is 30.3 Å². The molecule has 0 amide bonds. The molecule has 0 saturated carbocycles. The Balaban J connectivity index is 0.000000255. The normalized spacial score (nSPS) is 10.8. The van der Waals surface area contributed by atoms with Crippen molar-refractivity contribution < 1.29 is 14.6 Å². The highest BCUT2D eigenvalue weighted by Gasteiger charge is 1.99. The third-order valence-electron chi connectivity index (χ3n) is 1.37. The van der Waals surface area contributed by atoms with Gasteiger partial charge in [0.05, 0.1) is 7.11 Å². The first-order valence-electron chi connectivity index (χ1n) is 4.15. The predicted octanol–water partition coefficient (Wildman–Crippen LogP) is 1.11. The lowest BCUT2D eigenvalue weighted by Gasteiger charge is -1.93. The summed E-state index contributed by atoms with van der Waals surface area (Å²) in [6, 6.07) is 8.95. The molecule has 0 fully saturated rings. The highest BCUT2D eigenvalue weighted by Crippen LogP contribution is 2.05. The summed E-state index contributed by atoms with van der Waals surface area (Å²) in [5.74, 6) is -0.0532. The Morgan fingerprint density at radius 3 is 2.07 bits per heavy atom. The number of nitrogens with two attached hydrogens (primary N) is 1. The second-order valence-electron chi connectivity index (χ2n) is 2.64. The van der Waals surface area contributed by atoms with Crippen molar-refractivity contribution in [1.82, 2.24) is 0 Å². The molecule has 0 bridgehead atoms. The van der Waals surface area contributed by atoms with Crippen molar-refractivity contribution in [1.29, 1.82) is 0 Å². The lowest BCUT2D eigenvalue weighted by molar-refractivity contribution is -0.138. The fourth-order valence-corrected chi connectivity index (χ4v) is 0.557. The van der Waals surface area contributed by atoms with Gasteiger partial charge in [0.25, 0.3) is 0 Å². The Labute approximate surface area is 83.3 Å². The summed E-state index contributed by atoms with van der Waals surface area (Å²) in [5, 5.41) is 7.87. The van der Waals surface area contributed by atoms with Crippen LogP contribution in [-0.4, -0.2) is 24.2 Å². The molecule has 0 aliphatic heterocycles. The molecule has 0 radical (unpaired) electrons. The van der Waals surface area contributed by atoms with Gasteiger partial charge in [-0.1, -0.05) is 18.2 Å². The number of carboxylic acids is 1. The molecule has 4 heteroatoms. The van der Waals surface area contributed by atoms with Gasteiger partial charge in [-0.2, -0.15) is 0 Å². The van der Waals surface area contributed by atoms with Crippen LogP contribution in [0.2, 0.25) is 0 Å². The van der Waals surface area contributed by atoms with E-state index in [4.69, 9.17) is 15.6 Å². The molecule has 1 aromatic rings. The zero-order chi connectivity index (χ0) is 11.0. The summed E-state index contributed by atoms with van der Waals surface area (Å²) in [6.07, 6.45) is 0. The number of ether oxygens (including phenoxy) is 1. The van der Waals surface area contributed by atoms with Crippen LogP contribution in [0, 0.1) is 0 Å². The second-order valence-corrected chi connectivity index (χ2v) is 2.64. The van der Waals surface area contributed by atoms with E-state index in [-0.39, 0.29) is 0 Å². The van der Waals surface area contributed by atoms with Gasteiger partial charge in [0.15, 0.2) is 0 Å². The molecule has 1 aromatic carbocycles. The number of hydrogen-bond acceptors (Lipinski definition) is 3. The van der Waals surface area contributed by atoms with Crippen LogP contribution >= 0.6 is 0 Å². The minimum Gasteiger partial charge on any atom is -0.497 e. The third-order valence-corrected chi connectivity index (χ3v) is 1.37. The lowest BCUT2D eigenvalue weighted by atomic mass is 10.3. The first-order chi connectivity index (χ1) is 6.57. The van der Waals surface area contributed by atoms with Gasteiger partial charge in [0.1, 0.15) is 11.8 Å². The number of carboxylic acid groups (broad SMARTS) is 1. The standard InChI is InChI=1S/C7H8O.C3H7NO2/c1-8-7-5-3-2-4-6-7;1-2(4)3(5)6/h2-6H,1H3;2H,4H2,1H3,(H,5,6). The number of methoxy groups -OCH3 is 1. The second kappa shape index (κ2) is 6.91. The molecule has 0 aliphatic rings. The van der Waals surface area contributed by atoms with Gasteiger partial charge in [-0.15, -0.1) is 0 Å². The molecule has 14 heavy (non-hydrogen) atoms. The van der Waals surface area contributed by atoms with Gasteiger partial charge in [-0.05, 0) is 19.1 Å². The molecule has 1 unspecified atom stereocenters. The number of hydrogen-bond donors (Lipinski definition) is 2. The van der Waals surface area contributed by atoms with Crippen molar-refractivity contribution >= 4 is 5.97 Å². The van der Waals surface area contributed by atoms with Gasteiger partial charge in [0, 0.05) is 0 Å². The smallest absolute Gasteiger partial charge is 0.320 e. The van der Waals surface area contributed by atoms with E-state index in [1.54, 1.807) is 7.11 Å². The molecule has 0 saturated heterocycles. The Hall–Kier alpha value is -1.55. The number of para-hydroxylation sites is 1. The van der Waals surface area contributed by atoms with Crippen LogP contribution in [-0.2, 0) is 4.79 Å². The molecule has 1 atom stereocenters. The highest BCUT2D eigenvalue weighted by atomic mass is 16.5. The van der Waals surface area contributed by atoms with Crippen molar-refractivity contribution in [3.63, 3.8) is 0 Å². The maximum Gasteiger partial charge on any atom is 0.320 e. The van der Waals surface area contributed by atoms with E-state index in [2.05, 4.69) is 0 Å². The van der Waals surface area contributed by atoms with E-state index in [0.717, 1.165) is 5.75 Å². The zero-order valence-electron chi connectivity index (χ0n) is 8.31. The molecule has 1 rings (SSSR count). The number of aliphatic carboxylic acids is 1. The quantitative estimate of drug-likeness (QED) is 0.745. The molecule has 0 aliphatic carbocycles. The largest absolute Gasteiger partial charge is 0.497 e. The Morgan fingerprint density at radius 2 is 1.86 bits per heavy atom. The zero-order valence-corrected chi connectivity index (χ0v) is 8.31. The Morgan fingerprint density at radius 1 is 1.43 bits per heavy atom. The van der Waals surface area contributed by atoms with Crippen LogP contribution in [0.25, 0.3) is 0 Å².